The summed E-state index contributed by atoms with van der Waals surface area (Å²) in [6, 6.07) is 6.08. The van der Waals surface area contributed by atoms with Gasteiger partial charge in [-0.2, -0.15) is 5.26 Å². The first-order valence-electron chi connectivity index (χ1n) is 7.00. The second kappa shape index (κ2) is 5.10. The van der Waals surface area contributed by atoms with E-state index in [1.807, 2.05) is 18.3 Å². The number of hydrogen-bond donors (Lipinski definition) is 2. The molecule has 112 valence electrons. The van der Waals surface area contributed by atoms with Gasteiger partial charge in [0.15, 0.2) is 0 Å². The number of anilines is 2. The van der Waals surface area contributed by atoms with Crippen LogP contribution in [0.4, 0.5) is 11.5 Å². The third-order valence-corrected chi connectivity index (χ3v) is 3.80. The number of nitriles is 1. The number of hydrogen-bond acceptors (Lipinski definition) is 6. The molecule has 1 aromatic carbocycles. The maximum atomic E-state index is 9.25. The van der Waals surface area contributed by atoms with Crippen molar-refractivity contribution in [3.63, 3.8) is 0 Å². The summed E-state index contributed by atoms with van der Waals surface area (Å²) in [4.78, 5) is 15.6. The summed E-state index contributed by atoms with van der Waals surface area (Å²) < 4.78 is 5.46. The van der Waals surface area contributed by atoms with Gasteiger partial charge in [-0.1, -0.05) is 0 Å². The molecule has 3 heterocycles. The molecule has 3 aromatic rings. The molecular formula is C16H12N6O. The lowest BCUT2D eigenvalue weighted by molar-refractivity contribution is 0.416. The molecule has 0 amide bonds. The Balaban J connectivity index is 1.84. The minimum Gasteiger partial charge on any atom is -0.495 e. The summed E-state index contributed by atoms with van der Waals surface area (Å²) in [5.41, 5.74) is 4.04. The van der Waals surface area contributed by atoms with E-state index in [9.17, 15) is 5.26 Å². The lowest BCUT2D eigenvalue weighted by Gasteiger charge is -2.13. The smallest absolute Gasteiger partial charge is 0.144 e. The highest BCUT2D eigenvalue weighted by Crippen LogP contribution is 2.34. The predicted molar refractivity (Wildman–Crippen MR) is 86.2 cm³/mol. The van der Waals surface area contributed by atoms with E-state index in [0.717, 1.165) is 16.8 Å². The van der Waals surface area contributed by atoms with E-state index in [4.69, 9.17) is 4.74 Å². The van der Waals surface area contributed by atoms with Gasteiger partial charge in [-0.15, -0.1) is 0 Å². The van der Waals surface area contributed by atoms with Crippen molar-refractivity contribution in [1.29, 1.82) is 5.26 Å². The van der Waals surface area contributed by atoms with Gasteiger partial charge >= 0.3 is 0 Å². The summed E-state index contributed by atoms with van der Waals surface area (Å²) in [6.45, 7) is 0.667. The summed E-state index contributed by atoms with van der Waals surface area (Å²) in [7, 11) is 1.62. The summed E-state index contributed by atoms with van der Waals surface area (Å²) in [6.07, 6.45) is 4.91. The number of nitrogens with one attached hydrogen (secondary N) is 2. The van der Waals surface area contributed by atoms with E-state index in [-0.39, 0.29) is 0 Å². The van der Waals surface area contributed by atoms with E-state index < -0.39 is 0 Å². The maximum absolute atomic E-state index is 9.25. The predicted octanol–water partition coefficient (Wildman–Crippen LogP) is 2.51. The zero-order valence-electron chi connectivity index (χ0n) is 12.3. The fourth-order valence-electron chi connectivity index (χ4n) is 2.68. The fourth-order valence-corrected chi connectivity index (χ4v) is 2.68. The summed E-state index contributed by atoms with van der Waals surface area (Å²) in [5.74, 6) is 1.26. The van der Waals surface area contributed by atoms with Crippen LogP contribution < -0.4 is 10.1 Å². The van der Waals surface area contributed by atoms with Gasteiger partial charge in [0.05, 0.1) is 30.3 Å². The Morgan fingerprint density at radius 1 is 1.35 bits per heavy atom. The van der Waals surface area contributed by atoms with E-state index in [1.165, 1.54) is 6.33 Å². The lowest BCUT2D eigenvalue weighted by Crippen LogP contribution is -2.00. The van der Waals surface area contributed by atoms with E-state index in [2.05, 4.69) is 31.3 Å². The second-order valence-corrected chi connectivity index (χ2v) is 5.11. The molecular weight excluding hydrogens is 292 g/mol. The number of aromatic amines is 1. The molecule has 0 spiro atoms. The van der Waals surface area contributed by atoms with Crippen LogP contribution in [-0.2, 0) is 6.54 Å². The largest absolute Gasteiger partial charge is 0.495 e. The van der Waals surface area contributed by atoms with Crippen molar-refractivity contribution in [1.82, 2.24) is 15.0 Å². The van der Waals surface area contributed by atoms with Crippen molar-refractivity contribution < 1.29 is 4.74 Å². The molecule has 0 aliphatic carbocycles. The van der Waals surface area contributed by atoms with Crippen molar-refractivity contribution in [3.8, 4) is 11.8 Å². The van der Waals surface area contributed by atoms with E-state index in [0.29, 0.717) is 34.7 Å². The van der Waals surface area contributed by atoms with Gasteiger partial charge in [-0.05, 0) is 23.3 Å². The summed E-state index contributed by atoms with van der Waals surface area (Å²) in [5, 5.41) is 13.2. The quantitative estimate of drug-likeness (QED) is 0.774. The Morgan fingerprint density at radius 2 is 2.26 bits per heavy atom. The van der Waals surface area contributed by atoms with Crippen LogP contribution in [0.15, 0.2) is 29.6 Å². The standard InChI is InChI=1S/C16H12N6O/c1-23-13-3-10-6-18-5-9(10)2-12(13)22-16-14-11(4-17)7-19-15(14)20-8-21-16/h2-3,5,7-8H,6H2,1H3,(H2,19,20,21,22). The SMILES string of the molecule is COc1cc2c(cc1Nc1ncnc3[nH]cc(C#N)c13)C=NC2. The van der Waals surface area contributed by atoms with Crippen LogP contribution >= 0.6 is 0 Å². The van der Waals surface area contributed by atoms with Gasteiger partial charge in [0, 0.05) is 12.4 Å². The minimum atomic E-state index is 0.491. The fraction of sp³-hybridized carbons (Fsp3) is 0.125. The molecule has 2 aromatic heterocycles. The van der Waals surface area contributed by atoms with Crippen LogP contribution in [0.1, 0.15) is 16.7 Å². The van der Waals surface area contributed by atoms with Gasteiger partial charge in [0.25, 0.3) is 0 Å². The van der Waals surface area contributed by atoms with E-state index in [1.54, 1.807) is 13.3 Å². The molecule has 0 saturated carbocycles. The molecule has 1 aliphatic heterocycles. The van der Waals surface area contributed by atoms with Crippen LogP contribution in [0.3, 0.4) is 0 Å². The van der Waals surface area contributed by atoms with Gasteiger partial charge in [0.1, 0.15) is 29.6 Å². The van der Waals surface area contributed by atoms with Crippen LogP contribution in [0, 0.1) is 11.3 Å². The minimum absolute atomic E-state index is 0.491. The number of aliphatic imine (C=N–C) groups is 1. The first-order valence-corrected chi connectivity index (χ1v) is 7.00. The van der Waals surface area contributed by atoms with E-state index >= 15 is 0 Å². The normalized spacial score (nSPS) is 12.2. The zero-order chi connectivity index (χ0) is 15.8. The number of nitrogens with zero attached hydrogens (tertiary/aromatic N) is 4. The van der Waals surface area contributed by atoms with Crippen molar-refractivity contribution >= 4 is 28.8 Å². The number of H-pyrrole nitrogens is 1. The highest BCUT2D eigenvalue weighted by Gasteiger charge is 2.16. The van der Waals surface area contributed by atoms with Crippen LogP contribution in [0.25, 0.3) is 11.0 Å². The van der Waals surface area contributed by atoms with Gasteiger partial charge in [0.2, 0.25) is 0 Å². The lowest BCUT2D eigenvalue weighted by atomic mass is 10.1. The molecule has 0 unspecified atom stereocenters. The first kappa shape index (κ1) is 13.3. The molecule has 23 heavy (non-hydrogen) atoms. The highest BCUT2D eigenvalue weighted by molar-refractivity contribution is 5.95. The van der Waals surface area contributed by atoms with Gasteiger partial charge in [-0.25, -0.2) is 9.97 Å². The Labute approximate surface area is 131 Å². The number of rotatable bonds is 3. The Hall–Kier alpha value is -3.40. The Bertz CT molecular complexity index is 982. The molecule has 0 radical (unpaired) electrons. The first-order chi connectivity index (χ1) is 11.3. The van der Waals surface area contributed by atoms with Crippen molar-refractivity contribution in [2.45, 2.75) is 6.54 Å². The molecule has 0 atom stereocenters. The average Bonchev–Trinajstić information content (AvgIpc) is 3.20. The van der Waals surface area contributed by atoms with Crippen LogP contribution in [0.2, 0.25) is 0 Å². The number of aromatic nitrogens is 3. The number of methoxy groups -OCH3 is 1. The molecule has 4 rings (SSSR count). The van der Waals surface area contributed by atoms with Crippen molar-refractivity contribution in [3.05, 3.63) is 41.3 Å². The molecule has 7 nitrogen and oxygen atoms in total. The third-order valence-electron chi connectivity index (χ3n) is 3.80. The monoisotopic (exact) mass is 304 g/mol. The number of ether oxygens (including phenoxy) is 1. The van der Waals surface area contributed by atoms with Crippen molar-refractivity contribution in [2.24, 2.45) is 4.99 Å². The molecule has 7 heteroatoms. The average molecular weight is 304 g/mol. The van der Waals surface area contributed by atoms with Gasteiger partial charge < -0.3 is 15.0 Å². The maximum Gasteiger partial charge on any atom is 0.144 e. The molecule has 2 N–H and O–H groups in total. The topological polar surface area (TPSA) is 99.0 Å². The molecule has 0 fully saturated rings. The van der Waals surface area contributed by atoms with Gasteiger partial charge in [-0.3, -0.25) is 4.99 Å². The molecule has 0 saturated heterocycles. The van der Waals surface area contributed by atoms with Crippen LogP contribution in [-0.4, -0.2) is 28.3 Å². The second-order valence-electron chi connectivity index (χ2n) is 5.11. The molecule has 0 bridgehead atoms. The van der Waals surface area contributed by atoms with Crippen molar-refractivity contribution in [2.75, 3.05) is 12.4 Å². The Kier molecular flexibility index (Phi) is 2.95. The third kappa shape index (κ3) is 2.08. The Morgan fingerprint density at radius 3 is 3.09 bits per heavy atom. The number of benzene rings is 1. The zero-order valence-corrected chi connectivity index (χ0v) is 12.3. The highest BCUT2D eigenvalue weighted by atomic mass is 16.5. The number of fused-ring (bicyclic) bond motifs is 2. The molecule has 1 aliphatic rings. The summed E-state index contributed by atoms with van der Waals surface area (Å²) >= 11 is 0. The van der Waals surface area contributed by atoms with Crippen LogP contribution in [0.5, 0.6) is 5.75 Å².